The van der Waals surface area contributed by atoms with Gasteiger partial charge < -0.3 is 9.15 Å². The molecule has 0 bridgehead atoms. The molecular weight excluding hydrogens is 244 g/mol. The van der Waals surface area contributed by atoms with Crippen molar-refractivity contribution in [2.24, 2.45) is 5.10 Å². The summed E-state index contributed by atoms with van der Waals surface area (Å²) < 4.78 is 10.3. The quantitative estimate of drug-likeness (QED) is 0.676. The molecule has 98 valence electrons. The van der Waals surface area contributed by atoms with Crippen molar-refractivity contribution in [2.45, 2.75) is 6.92 Å². The Labute approximate surface area is 110 Å². The van der Waals surface area contributed by atoms with E-state index < -0.39 is 0 Å². The van der Waals surface area contributed by atoms with E-state index >= 15 is 0 Å². The summed E-state index contributed by atoms with van der Waals surface area (Å²) in [5.41, 5.74) is 3.49. The van der Waals surface area contributed by atoms with E-state index in [0.717, 1.165) is 0 Å². The van der Waals surface area contributed by atoms with Gasteiger partial charge in [0, 0.05) is 0 Å². The minimum atomic E-state index is -0.330. The molecule has 0 fully saturated rings. The van der Waals surface area contributed by atoms with Crippen LogP contribution < -0.4 is 10.2 Å². The minimum Gasteiger partial charge on any atom is -0.496 e. The number of hydrazone groups is 1. The standard InChI is InChI=1S/C14H14N2O3/c1-10(12-8-5-9-19-12)15-16-14(17)11-6-3-4-7-13(11)18-2/h3-9H,1-2H3,(H,16,17). The molecule has 2 aromatic rings. The maximum atomic E-state index is 12.0. The maximum absolute atomic E-state index is 12.0. The monoisotopic (exact) mass is 258 g/mol. The lowest BCUT2D eigenvalue weighted by atomic mass is 10.2. The van der Waals surface area contributed by atoms with Crippen LogP contribution >= 0.6 is 0 Å². The fourth-order valence-electron chi connectivity index (χ4n) is 1.57. The average molecular weight is 258 g/mol. The van der Waals surface area contributed by atoms with Crippen molar-refractivity contribution in [1.82, 2.24) is 5.43 Å². The fraction of sp³-hybridized carbons (Fsp3) is 0.143. The second kappa shape index (κ2) is 5.86. The van der Waals surface area contributed by atoms with Crippen LogP contribution in [-0.4, -0.2) is 18.7 Å². The first-order valence-electron chi connectivity index (χ1n) is 5.74. The third kappa shape index (κ3) is 3.01. The lowest BCUT2D eigenvalue weighted by Gasteiger charge is -2.06. The number of furan rings is 1. The molecule has 1 aromatic heterocycles. The van der Waals surface area contributed by atoms with Crippen molar-refractivity contribution in [1.29, 1.82) is 0 Å². The molecule has 5 heteroatoms. The molecule has 0 radical (unpaired) electrons. The summed E-state index contributed by atoms with van der Waals surface area (Å²) in [6.07, 6.45) is 1.55. The van der Waals surface area contributed by atoms with Crippen LogP contribution in [0.15, 0.2) is 52.2 Å². The van der Waals surface area contributed by atoms with Crippen LogP contribution in [0.1, 0.15) is 23.0 Å². The minimum absolute atomic E-state index is 0.330. The van der Waals surface area contributed by atoms with Crippen molar-refractivity contribution in [2.75, 3.05) is 7.11 Å². The smallest absolute Gasteiger partial charge is 0.275 e. The number of rotatable bonds is 4. The normalized spacial score (nSPS) is 11.2. The van der Waals surface area contributed by atoms with E-state index in [0.29, 0.717) is 22.8 Å². The van der Waals surface area contributed by atoms with Crippen molar-refractivity contribution < 1.29 is 13.9 Å². The Kier molecular flexibility index (Phi) is 3.97. The van der Waals surface area contributed by atoms with Gasteiger partial charge in [-0.25, -0.2) is 5.43 Å². The summed E-state index contributed by atoms with van der Waals surface area (Å²) in [4.78, 5) is 12.0. The van der Waals surface area contributed by atoms with Gasteiger partial charge in [-0.3, -0.25) is 4.79 Å². The Hall–Kier alpha value is -2.56. The van der Waals surface area contributed by atoms with Gasteiger partial charge in [0.2, 0.25) is 0 Å². The molecule has 0 aliphatic carbocycles. The molecule has 0 spiro atoms. The molecule has 0 saturated heterocycles. The van der Waals surface area contributed by atoms with E-state index in [1.165, 1.54) is 7.11 Å². The molecule has 19 heavy (non-hydrogen) atoms. The topological polar surface area (TPSA) is 63.8 Å². The molecule has 1 N–H and O–H groups in total. The van der Waals surface area contributed by atoms with Gasteiger partial charge in [0.1, 0.15) is 17.2 Å². The largest absolute Gasteiger partial charge is 0.496 e. The van der Waals surface area contributed by atoms with Crippen molar-refractivity contribution in [3.05, 3.63) is 54.0 Å². The predicted octanol–water partition coefficient (Wildman–Crippen LogP) is 2.44. The lowest BCUT2D eigenvalue weighted by Crippen LogP contribution is -2.19. The van der Waals surface area contributed by atoms with Crippen LogP contribution in [0.25, 0.3) is 0 Å². The first kappa shape index (κ1) is 12.9. The van der Waals surface area contributed by atoms with E-state index in [9.17, 15) is 4.79 Å². The number of carbonyl (C=O) groups excluding carboxylic acids is 1. The highest BCUT2D eigenvalue weighted by atomic mass is 16.5. The SMILES string of the molecule is COc1ccccc1C(=O)NN=C(C)c1ccco1. The molecule has 1 amide bonds. The van der Waals surface area contributed by atoms with E-state index in [1.807, 2.05) is 0 Å². The Morgan fingerprint density at radius 3 is 2.74 bits per heavy atom. The molecule has 2 rings (SSSR count). The number of methoxy groups -OCH3 is 1. The number of amides is 1. The Bertz CT molecular complexity index is 588. The fourth-order valence-corrected chi connectivity index (χ4v) is 1.57. The highest BCUT2D eigenvalue weighted by Gasteiger charge is 2.10. The second-order valence-electron chi connectivity index (χ2n) is 3.82. The van der Waals surface area contributed by atoms with Crippen LogP contribution in [-0.2, 0) is 0 Å². The molecule has 0 aliphatic heterocycles. The number of ether oxygens (including phenoxy) is 1. The molecule has 1 aromatic carbocycles. The Balaban J connectivity index is 2.11. The zero-order chi connectivity index (χ0) is 13.7. The van der Waals surface area contributed by atoms with Gasteiger partial charge in [-0.2, -0.15) is 5.10 Å². The Morgan fingerprint density at radius 1 is 1.26 bits per heavy atom. The average Bonchev–Trinajstić information content (AvgIpc) is 2.98. The number of carbonyl (C=O) groups is 1. The first-order chi connectivity index (χ1) is 9.22. The van der Waals surface area contributed by atoms with E-state index in [2.05, 4.69) is 10.5 Å². The van der Waals surface area contributed by atoms with Crippen LogP contribution in [0.5, 0.6) is 5.75 Å². The van der Waals surface area contributed by atoms with Crippen molar-refractivity contribution in [3.8, 4) is 5.75 Å². The molecular formula is C14H14N2O3. The summed E-state index contributed by atoms with van der Waals surface area (Å²) in [5, 5.41) is 3.99. The number of nitrogens with one attached hydrogen (secondary N) is 1. The zero-order valence-corrected chi connectivity index (χ0v) is 10.7. The lowest BCUT2D eigenvalue weighted by molar-refractivity contribution is 0.0952. The number of hydrogen-bond donors (Lipinski definition) is 1. The van der Waals surface area contributed by atoms with Gasteiger partial charge >= 0.3 is 0 Å². The van der Waals surface area contributed by atoms with E-state index in [1.54, 1.807) is 49.6 Å². The number of hydrogen-bond acceptors (Lipinski definition) is 4. The second-order valence-corrected chi connectivity index (χ2v) is 3.82. The zero-order valence-electron chi connectivity index (χ0n) is 10.7. The summed E-state index contributed by atoms with van der Waals surface area (Å²) in [7, 11) is 1.52. The molecule has 0 unspecified atom stereocenters. The highest BCUT2D eigenvalue weighted by molar-refractivity contribution is 6.00. The van der Waals surface area contributed by atoms with Gasteiger partial charge in [-0.1, -0.05) is 12.1 Å². The maximum Gasteiger partial charge on any atom is 0.275 e. The van der Waals surface area contributed by atoms with Gasteiger partial charge in [-0.15, -0.1) is 0 Å². The number of nitrogens with zero attached hydrogens (tertiary/aromatic N) is 1. The Morgan fingerprint density at radius 2 is 2.05 bits per heavy atom. The van der Waals surface area contributed by atoms with Crippen LogP contribution in [0.2, 0.25) is 0 Å². The van der Waals surface area contributed by atoms with Crippen molar-refractivity contribution in [3.63, 3.8) is 0 Å². The van der Waals surface area contributed by atoms with Gasteiger partial charge in [0.25, 0.3) is 5.91 Å². The summed E-state index contributed by atoms with van der Waals surface area (Å²) in [5.74, 6) is 0.787. The molecule has 0 saturated carbocycles. The molecule has 0 atom stereocenters. The van der Waals surface area contributed by atoms with Crippen molar-refractivity contribution >= 4 is 11.6 Å². The van der Waals surface area contributed by atoms with Crippen LogP contribution in [0.3, 0.4) is 0 Å². The molecule has 1 heterocycles. The van der Waals surface area contributed by atoms with Gasteiger partial charge in [0.05, 0.1) is 18.9 Å². The molecule has 5 nitrogen and oxygen atoms in total. The van der Waals surface area contributed by atoms with Gasteiger partial charge in [-0.05, 0) is 31.2 Å². The van der Waals surface area contributed by atoms with E-state index in [-0.39, 0.29) is 5.91 Å². The summed E-state index contributed by atoms with van der Waals surface area (Å²) in [6, 6.07) is 10.5. The summed E-state index contributed by atoms with van der Waals surface area (Å²) in [6.45, 7) is 1.75. The van der Waals surface area contributed by atoms with Crippen LogP contribution in [0, 0.1) is 0 Å². The van der Waals surface area contributed by atoms with E-state index in [4.69, 9.17) is 9.15 Å². The number of benzene rings is 1. The van der Waals surface area contributed by atoms with Gasteiger partial charge in [0.15, 0.2) is 0 Å². The first-order valence-corrected chi connectivity index (χ1v) is 5.74. The predicted molar refractivity (Wildman–Crippen MR) is 71.4 cm³/mol. The third-order valence-electron chi connectivity index (χ3n) is 2.55. The third-order valence-corrected chi connectivity index (χ3v) is 2.55. The molecule has 0 aliphatic rings. The summed E-state index contributed by atoms with van der Waals surface area (Å²) >= 11 is 0. The number of para-hydroxylation sites is 1. The highest BCUT2D eigenvalue weighted by Crippen LogP contribution is 2.16. The van der Waals surface area contributed by atoms with Crippen LogP contribution in [0.4, 0.5) is 0 Å².